The van der Waals surface area contributed by atoms with Crippen LogP contribution in [0, 0.1) is 23.7 Å². The van der Waals surface area contributed by atoms with E-state index in [9.17, 15) is 5.26 Å². The molecule has 1 aliphatic rings. The number of aromatic nitrogens is 5. The molecule has 0 unspecified atom stereocenters. The number of nitrogens with zero attached hydrogens (tertiary/aromatic N) is 6. The number of aryl methyl sites for hydroxylation is 1. The van der Waals surface area contributed by atoms with Crippen molar-refractivity contribution in [2.24, 2.45) is 5.41 Å². The maximum Gasteiger partial charge on any atom is 0.225 e. The molecule has 3 heterocycles. The van der Waals surface area contributed by atoms with Gasteiger partial charge in [0.1, 0.15) is 18.0 Å². The zero-order chi connectivity index (χ0) is 24.3. The lowest BCUT2D eigenvalue weighted by molar-refractivity contribution is 0.417. The molecule has 1 saturated heterocycles. The quantitative estimate of drug-likeness (QED) is 0.493. The van der Waals surface area contributed by atoms with E-state index in [0.29, 0.717) is 29.6 Å². The smallest absolute Gasteiger partial charge is 0.225 e. The molecule has 9 heteroatoms. The summed E-state index contributed by atoms with van der Waals surface area (Å²) in [7, 11) is 1.99. The lowest BCUT2D eigenvalue weighted by Crippen LogP contribution is -2.31. The van der Waals surface area contributed by atoms with E-state index in [2.05, 4.69) is 76.6 Å². The summed E-state index contributed by atoms with van der Waals surface area (Å²) in [5.41, 5.74) is 4.46. The molecule has 9 nitrogen and oxygen atoms in total. The molecule has 3 aromatic rings. The van der Waals surface area contributed by atoms with Gasteiger partial charge >= 0.3 is 0 Å². The summed E-state index contributed by atoms with van der Waals surface area (Å²) in [6.45, 7) is 11.2. The average Bonchev–Trinajstić information content (AvgIpc) is 3.48. The number of benzene rings is 1. The van der Waals surface area contributed by atoms with Crippen molar-refractivity contribution >= 4 is 11.8 Å². The number of nitriles is 1. The summed E-state index contributed by atoms with van der Waals surface area (Å²) in [6.07, 6.45) is 3.04. The van der Waals surface area contributed by atoms with Crippen LogP contribution >= 0.6 is 0 Å². The maximum absolute atomic E-state index is 10.2. The first-order valence-electron chi connectivity index (χ1n) is 11.7. The Bertz CT molecular complexity index is 1170. The molecule has 4 rings (SSSR count). The monoisotopic (exact) mass is 459 g/mol. The Morgan fingerprint density at radius 1 is 1.26 bits per heavy atom. The van der Waals surface area contributed by atoms with Crippen molar-refractivity contribution in [1.82, 2.24) is 30.5 Å². The number of aromatic amines is 1. The molecule has 0 bridgehead atoms. The van der Waals surface area contributed by atoms with Crippen LogP contribution in [0.5, 0.6) is 0 Å². The van der Waals surface area contributed by atoms with Crippen molar-refractivity contribution in [3.63, 3.8) is 0 Å². The van der Waals surface area contributed by atoms with Crippen LogP contribution in [0.1, 0.15) is 49.6 Å². The summed E-state index contributed by atoms with van der Waals surface area (Å²) in [5, 5.41) is 23.9. The Hall–Kier alpha value is -3.51. The highest BCUT2D eigenvalue weighted by Crippen LogP contribution is 2.28. The Kier molecular flexibility index (Phi) is 6.80. The van der Waals surface area contributed by atoms with Crippen LogP contribution in [0.4, 0.5) is 11.8 Å². The molecule has 3 N–H and O–H groups in total. The summed E-state index contributed by atoms with van der Waals surface area (Å²) in [5.74, 6) is 1.95. The fraction of sp³-hybridized carbons (Fsp3) is 0.480. The van der Waals surface area contributed by atoms with E-state index >= 15 is 0 Å². The average molecular weight is 460 g/mol. The van der Waals surface area contributed by atoms with Crippen LogP contribution in [-0.4, -0.2) is 57.9 Å². The second-order valence-corrected chi connectivity index (χ2v) is 10.2. The Morgan fingerprint density at radius 3 is 2.74 bits per heavy atom. The van der Waals surface area contributed by atoms with Crippen LogP contribution in [-0.2, 0) is 6.42 Å². The first kappa shape index (κ1) is 23.6. The van der Waals surface area contributed by atoms with Crippen molar-refractivity contribution in [3.8, 4) is 17.5 Å². The van der Waals surface area contributed by atoms with Gasteiger partial charge in [0.05, 0.1) is 5.69 Å². The molecular weight excluding hydrogens is 426 g/mol. The molecule has 1 fully saturated rings. The van der Waals surface area contributed by atoms with Gasteiger partial charge in [-0.1, -0.05) is 32.9 Å². The van der Waals surface area contributed by atoms with Gasteiger partial charge in [-0.25, -0.2) is 9.97 Å². The van der Waals surface area contributed by atoms with Crippen molar-refractivity contribution in [1.29, 1.82) is 5.26 Å². The van der Waals surface area contributed by atoms with Gasteiger partial charge in [0.2, 0.25) is 5.95 Å². The zero-order valence-electron chi connectivity index (χ0n) is 20.6. The molecule has 1 aliphatic heterocycles. The van der Waals surface area contributed by atoms with E-state index in [-0.39, 0.29) is 11.5 Å². The van der Waals surface area contributed by atoms with Crippen molar-refractivity contribution in [3.05, 3.63) is 46.9 Å². The maximum atomic E-state index is 10.2. The molecule has 34 heavy (non-hydrogen) atoms. The highest BCUT2D eigenvalue weighted by Gasteiger charge is 2.23. The van der Waals surface area contributed by atoms with Crippen molar-refractivity contribution in [2.45, 2.75) is 46.6 Å². The predicted molar refractivity (Wildman–Crippen MR) is 134 cm³/mol. The van der Waals surface area contributed by atoms with Crippen molar-refractivity contribution in [2.75, 3.05) is 36.9 Å². The first-order valence-corrected chi connectivity index (χ1v) is 11.7. The number of anilines is 2. The SMILES string of the molecule is Cc1ccc(-c2ncn[nH]2)cc1Cc1nc(N[C@@H]2CCNC2)nc(N(C)CC(C)(C)C)c1C#N. The summed E-state index contributed by atoms with van der Waals surface area (Å²) in [4.78, 5) is 16.0. The van der Waals surface area contributed by atoms with E-state index in [1.807, 2.05) is 13.1 Å². The molecule has 1 aromatic carbocycles. The van der Waals surface area contributed by atoms with Crippen LogP contribution < -0.4 is 15.5 Å². The lowest BCUT2D eigenvalue weighted by Gasteiger charge is -2.29. The minimum Gasteiger partial charge on any atom is -0.358 e. The van der Waals surface area contributed by atoms with Crippen molar-refractivity contribution < 1.29 is 0 Å². The zero-order valence-corrected chi connectivity index (χ0v) is 20.6. The fourth-order valence-corrected chi connectivity index (χ4v) is 4.36. The molecule has 0 amide bonds. The third-order valence-corrected chi connectivity index (χ3v) is 5.94. The number of rotatable bonds is 7. The normalized spacial score (nSPS) is 15.8. The van der Waals surface area contributed by atoms with Crippen LogP contribution in [0.3, 0.4) is 0 Å². The molecule has 0 spiro atoms. The Balaban J connectivity index is 1.75. The Labute approximate surface area is 201 Å². The van der Waals surface area contributed by atoms with Gasteiger partial charge in [-0.3, -0.25) is 5.10 Å². The largest absolute Gasteiger partial charge is 0.358 e. The molecule has 0 aliphatic carbocycles. The minimum atomic E-state index is 0.0531. The number of hydrogen-bond donors (Lipinski definition) is 3. The predicted octanol–water partition coefficient (Wildman–Crippen LogP) is 3.29. The molecule has 2 aromatic heterocycles. The third-order valence-electron chi connectivity index (χ3n) is 5.94. The summed E-state index contributed by atoms with van der Waals surface area (Å²) < 4.78 is 0. The molecular formula is C25H33N9. The third kappa shape index (κ3) is 5.51. The van der Waals surface area contributed by atoms with Crippen LogP contribution in [0.25, 0.3) is 11.4 Å². The number of nitrogens with one attached hydrogen (secondary N) is 3. The highest BCUT2D eigenvalue weighted by molar-refractivity contribution is 5.61. The van der Waals surface area contributed by atoms with Crippen LogP contribution in [0.15, 0.2) is 24.5 Å². The lowest BCUT2D eigenvalue weighted by atomic mass is 9.95. The fourth-order valence-electron chi connectivity index (χ4n) is 4.36. The van der Waals surface area contributed by atoms with Gasteiger partial charge in [-0.05, 0) is 42.5 Å². The topological polar surface area (TPSA) is 118 Å². The molecule has 0 radical (unpaired) electrons. The van der Waals surface area contributed by atoms with E-state index < -0.39 is 0 Å². The van der Waals surface area contributed by atoms with E-state index in [1.54, 1.807) is 0 Å². The number of hydrogen-bond acceptors (Lipinski definition) is 8. The van der Waals surface area contributed by atoms with Gasteiger partial charge in [0.15, 0.2) is 11.6 Å². The minimum absolute atomic E-state index is 0.0531. The molecule has 178 valence electrons. The standard InChI is InChI=1S/C25H33N9/c1-16-6-7-17(22-28-15-29-33-22)10-18(16)11-21-20(12-26)23(34(5)14-25(2,3)4)32-24(31-21)30-19-8-9-27-13-19/h6-7,10,15,19,27H,8-9,11,13-14H2,1-5H3,(H,28,29,33)(H,30,31,32)/t19-/m1/s1. The second kappa shape index (κ2) is 9.77. The summed E-state index contributed by atoms with van der Waals surface area (Å²) in [6, 6.07) is 8.85. The first-order chi connectivity index (χ1) is 16.2. The van der Waals surface area contributed by atoms with Gasteiger partial charge in [-0.2, -0.15) is 15.3 Å². The van der Waals surface area contributed by atoms with Crippen LogP contribution in [0.2, 0.25) is 0 Å². The van der Waals surface area contributed by atoms with Gasteiger partial charge in [0.25, 0.3) is 0 Å². The molecule has 1 atom stereocenters. The van der Waals surface area contributed by atoms with E-state index in [4.69, 9.17) is 9.97 Å². The molecule has 0 saturated carbocycles. The number of H-pyrrole nitrogens is 1. The highest BCUT2D eigenvalue weighted by atomic mass is 15.2. The van der Waals surface area contributed by atoms with Gasteiger partial charge in [0, 0.05) is 38.2 Å². The van der Waals surface area contributed by atoms with E-state index in [1.165, 1.54) is 6.33 Å². The second-order valence-electron chi connectivity index (χ2n) is 10.2. The van der Waals surface area contributed by atoms with Gasteiger partial charge < -0.3 is 15.5 Å². The Morgan fingerprint density at radius 2 is 2.09 bits per heavy atom. The van der Waals surface area contributed by atoms with E-state index in [0.717, 1.165) is 48.4 Å². The summed E-state index contributed by atoms with van der Waals surface area (Å²) >= 11 is 0. The van der Waals surface area contributed by atoms with Gasteiger partial charge in [-0.15, -0.1) is 0 Å².